The van der Waals surface area contributed by atoms with E-state index >= 15 is 0 Å². The molecule has 0 atom stereocenters. The number of rotatable bonds is 3. The van der Waals surface area contributed by atoms with Crippen LogP contribution < -0.4 is 5.32 Å². The second kappa shape index (κ2) is 3.32. The SMILES string of the molecule is CCCCN1C(=O)NC(=O)C2(CC2)C1=O. The Morgan fingerprint density at radius 2 is 2.00 bits per heavy atom. The maximum atomic E-state index is 11.9. The van der Waals surface area contributed by atoms with Crippen LogP contribution in [-0.4, -0.2) is 29.3 Å². The number of nitrogens with zero attached hydrogens (tertiary/aromatic N) is 1. The smallest absolute Gasteiger partial charge is 0.277 e. The molecule has 1 aliphatic heterocycles. The van der Waals surface area contributed by atoms with Gasteiger partial charge in [-0.2, -0.15) is 0 Å². The van der Waals surface area contributed by atoms with E-state index in [-0.39, 0.29) is 5.91 Å². The van der Waals surface area contributed by atoms with Crippen LogP contribution in [0.1, 0.15) is 32.6 Å². The minimum Gasteiger partial charge on any atom is -0.277 e. The molecule has 0 aromatic rings. The molecule has 0 aromatic heterocycles. The van der Waals surface area contributed by atoms with Crippen molar-refractivity contribution in [3.8, 4) is 0 Å². The van der Waals surface area contributed by atoms with Crippen molar-refractivity contribution in [1.29, 1.82) is 0 Å². The molecule has 2 aliphatic rings. The molecule has 1 saturated carbocycles. The van der Waals surface area contributed by atoms with E-state index < -0.39 is 17.4 Å². The number of urea groups is 1. The van der Waals surface area contributed by atoms with Crippen molar-refractivity contribution in [2.75, 3.05) is 6.54 Å². The van der Waals surface area contributed by atoms with Crippen LogP contribution in [0.2, 0.25) is 0 Å². The van der Waals surface area contributed by atoms with Gasteiger partial charge >= 0.3 is 6.03 Å². The van der Waals surface area contributed by atoms with Crippen molar-refractivity contribution in [1.82, 2.24) is 10.2 Å². The molecule has 1 saturated heterocycles. The summed E-state index contributed by atoms with van der Waals surface area (Å²) in [7, 11) is 0. The van der Waals surface area contributed by atoms with Gasteiger partial charge in [-0.15, -0.1) is 0 Å². The number of carbonyl (C=O) groups excluding carboxylic acids is 3. The molecule has 1 heterocycles. The zero-order chi connectivity index (χ0) is 11.1. The van der Waals surface area contributed by atoms with Gasteiger partial charge in [0.05, 0.1) is 0 Å². The summed E-state index contributed by atoms with van der Waals surface area (Å²) in [5.41, 5.74) is -0.887. The average Bonchev–Trinajstić information content (AvgIpc) is 2.96. The van der Waals surface area contributed by atoms with E-state index in [0.29, 0.717) is 19.4 Å². The number of nitrogens with one attached hydrogen (secondary N) is 1. The van der Waals surface area contributed by atoms with Gasteiger partial charge in [0.15, 0.2) is 0 Å². The summed E-state index contributed by atoms with van der Waals surface area (Å²) in [5.74, 6) is -0.713. The van der Waals surface area contributed by atoms with Crippen LogP contribution in [0.3, 0.4) is 0 Å². The third-order valence-electron chi connectivity index (χ3n) is 3.04. The van der Waals surface area contributed by atoms with Crippen molar-refractivity contribution in [2.45, 2.75) is 32.6 Å². The fourth-order valence-corrected chi connectivity index (χ4v) is 1.82. The van der Waals surface area contributed by atoms with Crippen LogP contribution in [0.25, 0.3) is 0 Å². The second-order valence-corrected chi connectivity index (χ2v) is 4.15. The van der Waals surface area contributed by atoms with Gasteiger partial charge in [-0.1, -0.05) is 13.3 Å². The second-order valence-electron chi connectivity index (χ2n) is 4.15. The summed E-state index contributed by atoms with van der Waals surface area (Å²) < 4.78 is 0. The van der Waals surface area contributed by atoms with Crippen molar-refractivity contribution < 1.29 is 14.4 Å². The van der Waals surface area contributed by atoms with Gasteiger partial charge in [0.1, 0.15) is 5.41 Å². The quantitative estimate of drug-likeness (QED) is 0.695. The largest absolute Gasteiger partial charge is 0.330 e. The fraction of sp³-hybridized carbons (Fsp3) is 0.700. The van der Waals surface area contributed by atoms with E-state index in [1.165, 1.54) is 4.90 Å². The predicted molar refractivity (Wildman–Crippen MR) is 51.8 cm³/mol. The van der Waals surface area contributed by atoms with Crippen LogP contribution in [0.4, 0.5) is 4.79 Å². The van der Waals surface area contributed by atoms with Gasteiger partial charge in [-0.3, -0.25) is 19.8 Å². The van der Waals surface area contributed by atoms with Gasteiger partial charge in [-0.05, 0) is 19.3 Å². The summed E-state index contributed by atoms with van der Waals surface area (Å²) in [4.78, 5) is 35.9. The molecule has 2 rings (SSSR count). The molecule has 4 amide bonds. The summed E-state index contributed by atoms with van der Waals surface area (Å²) in [5, 5.41) is 2.25. The average molecular weight is 210 g/mol. The van der Waals surface area contributed by atoms with Crippen LogP contribution >= 0.6 is 0 Å². The monoisotopic (exact) mass is 210 g/mol. The highest BCUT2D eigenvalue weighted by atomic mass is 16.2. The minimum absolute atomic E-state index is 0.301. The Balaban J connectivity index is 2.14. The molecule has 5 heteroatoms. The first-order valence-electron chi connectivity index (χ1n) is 5.29. The molecule has 0 unspecified atom stereocenters. The molecule has 0 aromatic carbocycles. The Bertz CT molecular complexity index is 334. The number of barbiturate groups is 1. The lowest BCUT2D eigenvalue weighted by atomic mass is 10.0. The van der Waals surface area contributed by atoms with E-state index in [1.54, 1.807) is 0 Å². The summed E-state index contributed by atoms with van der Waals surface area (Å²) in [6.45, 7) is 2.40. The van der Waals surface area contributed by atoms with E-state index in [4.69, 9.17) is 0 Å². The fourth-order valence-electron chi connectivity index (χ4n) is 1.82. The molecular formula is C10H14N2O3. The normalized spacial score (nSPS) is 23.3. The van der Waals surface area contributed by atoms with Crippen LogP contribution in [0, 0.1) is 5.41 Å². The topological polar surface area (TPSA) is 66.5 Å². The van der Waals surface area contributed by atoms with Crippen molar-refractivity contribution in [2.24, 2.45) is 5.41 Å². The molecule has 1 spiro atoms. The highest BCUT2D eigenvalue weighted by molar-refractivity contribution is 6.20. The zero-order valence-corrected chi connectivity index (χ0v) is 8.71. The van der Waals surface area contributed by atoms with Gasteiger partial charge in [0, 0.05) is 6.54 Å². The van der Waals surface area contributed by atoms with Crippen LogP contribution in [0.15, 0.2) is 0 Å². The first-order chi connectivity index (χ1) is 7.12. The zero-order valence-electron chi connectivity index (χ0n) is 8.71. The van der Waals surface area contributed by atoms with E-state index in [9.17, 15) is 14.4 Å². The highest BCUT2D eigenvalue weighted by Gasteiger charge is 2.61. The molecular weight excluding hydrogens is 196 g/mol. The van der Waals surface area contributed by atoms with Crippen molar-refractivity contribution in [3.63, 3.8) is 0 Å². The number of unbranched alkanes of at least 4 members (excludes halogenated alkanes) is 1. The molecule has 82 valence electrons. The standard InChI is InChI=1S/C10H14N2O3/c1-2-3-6-12-8(14)10(4-5-10)7(13)11-9(12)15/h2-6H2,1H3,(H,11,13,15). The molecule has 0 radical (unpaired) electrons. The number of imide groups is 2. The predicted octanol–water partition coefficient (Wildman–Crippen LogP) is 0.645. The van der Waals surface area contributed by atoms with Gasteiger partial charge in [0.2, 0.25) is 11.8 Å². The van der Waals surface area contributed by atoms with E-state index in [2.05, 4.69) is 5.32 Å². The number of hydrogen-bond donors (Lipinski definition) is 1. The van der Waals surface area contributed by atoms with Crippen molar-refractivity contribution >= 4 is 17.8 Å². The third-order valence-corrected chi connectivity index (χ3v) is 3.04. The molecule has 0 bridgehead atoms. The molecule has 1 N–H and O–H groups in total. The maximum Gasteiger partial charge on any atom is 0.330 e. The Kier molecular flexibility index (Phi) is 2.25. The lowest BCUT2D eigenvalue weighted by molar-refractivity contribution is -0.144. The Morgan fingerprint density at radius 3 is 2.53 bits per heavy atom. The van der Waals surface area contributed by atoms with Gasteiger partial charge < -0.3 is 0 Å². The number of amides is 4. The van der Waals surface area contributed by atoms with Crippen LogP contribution in [-0.2, 0) is 9.59 Å². The summed E-state index contributed by atoms with van der Waals surface area (Å²) in [6, 6.07) is -0.559. The molecule has 5 nitrogen and oxygen atoms in total. The Hall–Kier alpha value is -1.39. The summed E-state index contributed by atoms with van der Waals surface area (Å²) >= 11 is 0. The highest BCUT2D eigenvalue weighted by Crippen LogP contribution is 2.48. The number of carbonyl (C=O) groups is 3. The van der Waals surface area contributed by atoms with Crippen LogP contribution in [0.5, 0.6) is 0 Å². The lowest BCUT2D eigenvalue weighted by Crippen LogP contribution is -2.59. The van der Waals surface area contributed by atoms with E-state index in [0.717, 1.165) is 12.8 Å². The Labute approximate surface area is 87.8 Å². The molecule has 2 fully saturated rings. The van der Waals surface area contributed by atoms with E-state index in [1.807, 2.05) is 6.92 Å². The lowest BCUT2D eigenvalue weighted by Gasteiger charge is -2.30. The first kappa shape index (κ1) is 10.1. The number of hydrogen-bond acceptors (Lipinski definition) is 3. The molecule has 15 heavy (non-hydrogen) atoms. The Morgan fingerprint density at radius 1 is 1.33 bits per heavy atom. The van der Waals surface area contributed by atoms with Crippen molar-refractivity contribution in [3.05, 3.63) is 0 Å². The van der Waals surface area contributed by atoms with Gasteiger partial charge in [-0.25, -0.2) is 4.79 Å². The first-order valence-corrected chi connectivity index (χ1v) is 5.29. The summed E-state index contributed by atoms with van der Waals surface area (Å²) in [6.07, 6.45) is 2.85. The van der Waals surface area contributed by atoms with Gasteiger partial charge in [0.25, 0.3) is 0 Å². The third kappa shape index (κ3) is 1.42. The molecule has 1 aliphatic carbocycles. The maximum absolute atomic E-state index is 11.9. The minimum atomic E-state index is -0.887.